The quantitative estimate of drug-likeness (QED) is 0.901. The second-order valence-corrected chi connectivity index (χ2v) is 5.47. The van der Waals surface area contributed by atoms with Crippen LogP contribution in [-0.4, -0.2) is 28.0 Å². The maximum atomic E-state index is 6.24. The van der Waals surface area contributed by atoms with Gasteiger partial charge in [-0.15, -0.1) is 0 Å². The van der Waals surface area contributed by atoms with Gasteiger partial charge < -0.3 is 16.0 Å². The highest BCUT2D eigenvalue weighted by Crippen LogP contribution is 2.30. The first kappa shape index (κ1) is 13.6. The number of aromatic nitrogens is 3. The smallest absolute Gasteiger partial charge is 0.160 e. The number of rotatable bonds is 3. The van der Waals surface area contributed by atoms with Crippen LogP contribution in [0.2, 0.25) is 0 Å². The van der Waals surface area contributed by atoms with Crippen molar-refractivity contribution in [3.8, 4) is 0 Å². The summed E-state index contributed by atoms with van der Waals surface area (Å²) in [5.74, 6) is 2.92. The van der Waals surface area contributed by atoms with Gasteiger partial charge in [-0.25, -0.2) is 15.0 Å². The van der Waals surface area contributed by atoms with Gasteiger partial charge in [-0.3, -0.25) is 0 Å². The summed E-state index contributed by atoms with van der Waals surface area (Å²) < 4.78 is 0. The zero-order valence-electron chi connectivity index (χ0n) is 12.2. The Morgan fingerprint density at radius 3 is 2.71 bits per heavy atom. The SMILES string of the molecule is CC1CCN(c2ncnc(Nc3ccccn3)c2N)CC1. The van der Waals surface area contributed by atoms with Crippen LogP contribution in [0, 0.1) is 5.92 Å². The van der Waals surface area contributed by atoms with E-state index in [-0.39, 0.29) is 0 Å². The molecule has 3 heterocycles. The molecule has 0 amide bonds. The van der Waals surface area contributed by atoms with Crippen molar-refractivity contribution in [2.75, 3.05) is 29.0 Å². The third kappa shape index (κ3) is 3.04. The summed E-state index contributed by atoms with van der Waals surface area (Å²) in [6.45, 7) is 4.27. The van der Waals surface area contributed by atoms with E-state index in [4.69, 9.17) is 5.73 Å². The van der Waals surface area contributed by atoms with E-state index in [0.29, 0.717) is 11.5 Å². The van der Waals surface area contributed by atoms with Crippen molar-refractivity contribution in [3.63, 3.8) is 0 Å². The maximum absolute atomic E-state index is 6.24. The molecule has 2 aromatic heterocycles. The van der Waals surface area contributed by atoms with Gasteiger partial charge in [0.1, 0.15) is 17.8 Å². The average molecular weight is 284 g/mol. The molecule has 110 valence electrons. The number of pyridine rings is 1. The Morgan fingerprint density at radius 2 is 2.00 bits per heavy atom. The zero-order valence-corrected chi connectivity index (χ0v) is 12.2. The minimum absolute atomic E-state index is 0.581. The standard InChI is InChI=1S/C15H20N6/c1-11-5-8-21(9-6-11)15-13(16)14(18-10-19-15)20-12-4-2-3-7-17-12/h2-4,7,10-11H,5-6,8-9,16H2,1H3,(H,17,18,19,20). The van der Waals surface area contributed by atoms with Crippen molar-refractivity contribution in [1.82, 2.24) is 15.0 Å². The fraction of sp³-hybridized carbons (Fsp3) is 0.400. The number of hydrogen-bond acceptors (Lipinski definition) is 6. The van der Waals surface area contributed by atoms with E-state index in [1.54, 1.807) is 12.5 Å². The second kappa shape index (κ2) is 5.95. The van der Waals surface area contributed by atoms with Crippen LogP contribution >= 0.6 is 0 Å². The summed E-state index contributed by atoms with van der Waals surface area (Å²) in [7, 11) is 0. The molecule has 0 aliphatic carbocycles. The first-order valence-electron chi connectivity index (χ1n) is 7.27. The van der Waals surface area contributed by atoms with E-state index in [1.807, 2.05) is 18.2 Å². The summed E-state index contributed by atoms with van der Waals surface area (Å²) in [6, 6.07) is 5.66. The van der Waals surface area contributed by atoms with Crippen molar-refractivity contribution < 1.29 is 0 Å². The van der Waals surface area contributed by atoms with Gasteiger partial charge in [-0.1, -0.05) is 13.0 Å². The van der Waals surface area contributed by atoms with E-state index < -0.39 is 0 Å². The monoisotopic (exact) mass is 284 g/mol. The third-order valence-electron chi connectivity index (χ3n) is 3.86. The van der Waals surface area contributed by atoms with Gasteiger partial charge in [0, 0.05) is 19.3 Å². The first-order valence-corrected chi connectivity index (χ1v) is 7.27. The predicted molar refractivity (Wildman–Crippen MR) is 84.6 cm³/mol. The summed E-state index contributed by atoms with van der Waals surface area (Å²) >= 11 is 0. The van der Waals surface area contributed by atoms with Crippen LogP contribution in [0.25, 0.3) is 0 Å². The van der Waals surface area contributed by atoms with E-state index in [9.17, 15) is 0 Å². The van der Waals surface area contributed by atoms with Crippen LogP contribution in [0.5, 0.6) is 0 Å². The molecule has 1 fully saturated rings. The molecular formula is C15H20N6. The molecule has 0 radical (unpaired) electrons. The van der Waals surface area contributed by atoms with Crippen molar-refractivity contribution >= 4 is 23.1 Å². The number of hydrogen-bond donors (Lipinski definition) is 2. The minimum atomic E-state index is 0.581. The largest absolute Gasteiger partial charge is 0.393 e. The van der Waals surface area contributed by atoms with E-state index in [0.717, 1.165) is 30.6 Å². The molecular weight excluding hydrogens is 264 g/mol. The lowest BCUT2D eigenvalue weighted by molar-refractivity contribution is 0.437. The lowest BCUT2D eigenvalue weighted by atomic mass is 9.99. The number of nitrogens with two attached hydrogens (primary N) is 1. The summed E-state index contributed by atoms with van der Waals surface area (Å²) in [5, 5.41) is 3.15. The lowest BCUT2D eigenvalue weighted by Crippen LogP contribution is -2.34. The molecule has 3 N–H and O–H groups in total. The first-order chi connectivity index (χ1) is 10.2. The molecule has 0 unspecified atom stereocenters. The highest BCUT2D eigenvalue weighted by atomic mass is 15.2. The molecule has 2 aromatic rings. The Hall–Kier alpha value is -2.37. The Morgan fingerprint density at radius 1 is 1.19 bits per heavy atom. The molecule has 0 atom stereocenters. The van der Waals surface area contributed by atoms with Crippen LogP contribution in [0.15, 0.2) is 30.7 Å². The molecule has 6 nitrogen and oxygen atoms in total. The fourth-order valence-electron chi connectivity index (χ4n) is 2.52. The summed E-state index contributed by atoms with van der Waals surface area (Å²) in [6.07, 6.45) is 5.63. The lowest BCUT2D eigenvalue weighted by Gasteiger charge is -2.32. The van der Waals surface area contributed by atoms with Gasteiger partial charge in [0.2, 0.25) is 0 Å². The van der Waals surface area contributed by atoms with Crippen LogP contribution < -0.4 is 16.0 Å². The summed E-state index contributed by atoms with van der Waals surface area (Å²) in [4.78, 5) is 15.1. The van der Waals surface area contributed by atoms with Crippen molar-refractivity contribution in [2.24, 2.45) is 5.92 Å². The highest BCUT2D eigenvalue weighted by molar-refractivity contribution is 5.77. The van der Waals surface area contributed by atoms with Crippen molar-refractivity contribution in [3.05, 3.63) is 30.7 Å². The van der Waals surface area contributed by atoms with Crippen LogP contribution in [0.3, 0.4) is 0 Å². The molecule has 3 rings (SSSR count). The number of piperidine rings is 1. The van der Waals surface area contributed by atoms with Gasteiger partial charge >= 0.3 is 0 Å². The molecule has 0 bridgehead atoms. The minimum Gasteiger partial charge on any atom is -0.393 e. The van der Waals surface area contributed by atoms with Gasteiger partial charge in [-0.2, -0.15) is 0 Å². The maximum Gasteiger partial charge on any atom is 0.160 e. The molecule has 21 heavy (non-hydrogen) atoms. The van der Waals surface area contributed by atoms with E-state index >= 15 is 0 Å². The molecule has 0 spiro atoms. The third-order valence-corrected chi connectivity index (χ3v) is 3.86. The van der Waals surface area contributed by atoms with Gasteiger partial charge in [0.15, 0.2) is 11.6 Å². The number of nitrogens with one attached hydrogen (secondary N) is 1. The molecule has 6 heteroatoms. The van der Waals surface area contributed by atoms with Gasteiger partial charge in [0.05, 0.1) is 0 Å². The zero-order chi connectivity index (χ0) is 14.7. The second-order valence-electron chi connectivity index (χ2n) is 5.47. The predicted octanol–water partition coefficient (Wildman–Crippen LogP) is 2.43. The molecule has 0 saturated carbocycles. The average Bonchev–Trinajstić information content (AvgIpc) is 2.52. The number of anilines is 4. The topological polar surface area (TPSA) is 80.0 Å². The number of nitrogens with zero attached hydrogens (tertiary/aromatic N) is 4. The van der Waals surface area contributed by atoms with Gasteiger partial charge in [-0.05, 0) is 30.9 Å². The molecule has 1 saturated heterocycles. The Labute approximate surface area is 124 Å². The Balaban J connectivity index is 1.82. The fourth-order valence-corrected chi connectivity index (χ4v) is 2.52. The normalized spacial score (nSPS) is 16.0. The Kier molecular flexibility index (Phi) is 3.85. The van der Waals surface area contributed by atoms with Crippen molar-refractivity contribution in [2.45, 2.75) is 19.8 Å². The summed E-state index contributed by atoms with van der Waals surface area (Å²) in [5.41, 5.74) is 6.82. The van der Waals surface area contributed by atoms with Crippen molar-refractivity contribution in [1.29, 1.82) is 0 Å². The van der Waals surface area contributed by atoms with E-state index in [1.165, 1.54) is 12.8 Å². The van der Waals surface area contributed by atoms with Crippen LogP contribution in [0.4, 0.5) is 23.1 Å². The number of nitrogen functional groups attached to an aromatic ring is 1. The van der Waals surface area contributed by atoms with Crippen LogP contribution in [0.1, 0.15) is 19.8 Å². The van der Waals surface area contributed by atoms with Crippen LogP contribution in [-0.2, 0) is 0 Å². The molecule has 1 aliphatic heterocycles. The molecule has 1 aliphatic rings. The molecule has 0 aromatic carbocycles. The highest BCUT2D eigenvalue weighted by Gasteiger charge is 2.20. The van der Waals surface area contributed by atoms with Gasteiger partial charge in [0.25, 0.3) is 0 Å². The van der Waals surface area contributed by atoms with E-state index in [2.05, 4.69) is 32.1 Å². The Bertz CT molecular complexity index is 592.